The van der Waals surface area contributed by atoms with Crippen molar-refractivity contribution in [2.45, 2.75) is 79.1 Å². The number of amidine groups is 2. The van der Waals surface area contributed by atoms with Crippen molar-refractivity contribution >= 4 is 28.7 Å². The van der Waals surface area contributed by atoms with Gasteiger partial charge in [0.15, 0.2) is 11.7 Å². The van der Waals surface area contributed by atoms with Crippen LogP contribution in [0.3, 0.4) is 0 Å². The van der Waals surface area contributed by atoms with E-state index in [4.69, 9.17) is 10.1 Å². The largest absolute Gasteiger partial charge is 0.338 e. The fourth-order valence-electron chi connectivity index (χ4n) is 6.03. The summed E-state index contributed by atoms with van der Waals surface area (Å²) in [4.78, 5) is 5.60. The fraction of sp³-hybridized carbons (Fsp3) is 0.273. The molecule has 0 amide bonds. The molecule has 0 saturated heterocycles. The molecular weight excluding hydrogens is 585 g/mol. The second kappa shape index (κ2) is 15.8. The highest BCUT2D eigenvalue weighted by molar-refractivity contribution is 6.15. The van der Waals surface area contributed by atoms with Crippen molar-refractivity contribution in [1.29, 1.82) is 0 Å². The third kappa shape index (κ3) is 7.94. The first-order valence-electron chi connectivity index (χ1n) is 17.3. The van der Waals surface area contributed by atoms with Crippen molar-refractivity contribution < 1.29 is 0 Å². The van der Waals surface area contributed by atoms with E-state index in [1.807, 2.05) is 23.2 Å². The van der Waals surface area contributed by atoms with Gasteiger partial charge in [-0.2, -0.15) is 0 Å². The van der Waals surface area contributed by atoms with E-state index in [0.29, 0.717) is 23.7 Å². The number of rotatable bonds is 10. The molecule has 5 aromatic rings. The Bertz CT molecular complexity index is 1780. The van der Waals surface area contributed by atoms with Gasteiger partial charge in [-0.15, -0.1) is 5.10 Å². The molecule has 4 nitrogen and oxygen atoms in total. The summed E-state index contributed by atoms with van der Waals surface area (Å²) in [5, 5.41) is 11.4. The standard InChI is InChI=1S/C44H50N4/c1-30(2)37-26-18-27-38(31(3)4)41(37)45-43(34-20-12-9-13-21-34)47-48(36-24-16-11-17-25-36)44(35-22-14-10-15-23-35)46-42-39(32(5)6)28-19-29-40(42)33(7)8/h9-33H,1-8H3,(H,45,47). The van der Waals surface area contributed by atoms with Crippen LogP contribution in [0.25, 0.3) is 0 Å². The Kier molecular flexibility index (Phi) is 11.3. The lowest BCUT2D eigenvalue weighted by molar-refractivity contribution is 0.834. The van der Waals surface area contributed by atoms with Gasteiger partial charge in [0.05, 0.1) is 11.4 Å². The Morgan fingerprint density at radius 1 is 0.479 bits per heavy atom. The second-order valence-electron chi connectivity index (χ2n) is 13.6. The molecule has 5 rings (SSSR count). The van der Waals surface area contributed by atoms with Crippen molar-refractivity contribution in [1.82, 2.24) is 0 Å². The third-order valence-corrected chi connectivity index (χ3v) is 8.66. The predicted molar refractivity (Wildman–Crippen MR) is 207 cm³/mol. The molecule has 1 N–H and O–H groups in total. The summed E-state index contributed by atoms with van der Waals surface area (Å²) in [6.07, 6.45) is 0. The number of aliphatic imine (C=N–C) groups is 1. The molecule has 4 heteroatoms. The molecule has 246 valence electrons. The van der Waals surface area contributed by atoms with E-state index in [0.717, 1.165) is 39.9 Å². The quantitative estimate of drug-likeness (QED) is 0.0943. The summed E-state index contributed by atoms with van der Waals surface area (Å²) in [6, 6.07) is 44.4. The van der Waals surface area contributed by atoms with Crippen molar-refractivity contribution in [2.75, 3.05) is 10.3 Å². The van der Waals surface area contributed by atoms with E-state index < -0.39 is 0 Å². The predicted octanol–water partition coefficient (Wildman–Crippen LogP) is 12.2. The summed E-state index contributed by atoms with van der Waals surface area (Å²) >= 11 is 0. The molecule has 5 aromatic carbocycles. The van der Waals surface area contributed by atoms with E-state index >= 15 is 0 Å². The first-order valence-corrected chi connectivity index (χ1v) is 17.3. The lowest BCUT2D eigenvalue weighted by Crippen LogP contribution is -2.30. The van der Waals surface area contributed by atoms with Gasteiger partial charge in [-0.05, 0) is 58.1 Å². The van der Waals surface area contributed by atoms with Gasteiger partial charge < -0.3 is 5.32 Å². The van der Waals surface area contributed by atoms with Crippen molar-refractivity contribution in [3.8, 4) is 0 Å². The second-order valence-corrected chi connectivity index (χ2v) is 13.6. The summed E-state index contributed by atoms with van der Waals surface area (Å²) < 4.78 is 0. The monoisotopic (exact) mass is 634 g/mol. The molecule has 0 saturated carbocycles. The molecule has 0 aliphatic rings. The Morgan fingerprint density at radius 3 is 1.35 bits per heavy atom. The van der Waals surface area contributed by atoms with E-state index in [1.165, 1.54) is 22.3 Å². The van der Waals surface area contributed by atoms with Crippen LogP contribution in [-0.2, 0) is 0 Å². The van der Waals surface area contributed by atoms with Crippen LogP contribution in [0, 0.1) is 0 Å². The van der Waals surface area contributed by atoms with Crippen LogP contribution in [0.5, 0.6) is 0 Å². The molecule has 0 aromatic heterocycles. The zero-order valence-electron chi connectivity index (χ0n) is 29.8. The lowest BCUT2D eigenvalue weighted by Gasteiger charge is -2.26. The highest BCUT2D eigenvalue weighted by atomic mass is 15.5. The van der Waals surface area contributed by atoms with Gasteiger partial charge in [0.1, 0.15) is 0 Å². The molecule has 0 atom stereocenters. The van der Waals surface area contributed by atoms with Crippen LogP contribution in [0.2, 0.25) is 0 Å². The average molecular weight is 635 g/mol. The average Bonchev–Trinajstić information content (AvgIpc) is 3.10. The Labute approximate surface area is 288 Å². The fourth-order valence-corrected chi connectivity index (χ4v) is 6.03. The van der Waals surface area contributed by atoms with Gasteiger partial charge in [-0.3, -0.25) is 0 Å². The molecule has 0 unspecified atom stereocenters. The minimum Gasteiger partial charge on any atom is -0.338 e. The lowest BCUT2D eigenvalue weighted by atomic mass is 9.92. The van der Waals surface area contributed by atoms with E-state index in [9.17, 15) is 0 Å². The van der Waals surface area contributed by atoms with Crippen LogP contribution < -0.4 is 10.3 Å². The number of para-hydroxylation sites is 3. The molecule has 0 aliphatic heterocycles. The number of nitrogens with zero attached hydrogens (tertiary/aromatic N) is 3. The minimum absolute atomic E-state index is 0.302. The molecule has 0 aliphatic carbocycles. The van der Waals surface area contributed by atoms with E-state index in [-0.39, 0.29) is 0 Å². The van der Waals surface area contributed by atoms with E-state index in [1.54, 1.807) is 0 Å². The summed E-state index contributed by atoms with van der Waals surface area (Å²) in [5.74, 6) is 2.77. The van der Waals surface area contributed by atoms with Crippen LogP contribution in [0.15, 0.2) is 137 Å². The van der Waals surface area contributed by atoms with Crippen molar-refractivity contribution in [3.05, 3.63) is 161 Å². The van der Waals surface area contributed by atoms with Crippen molar-refractivity contribution in [3.63, 3.8) is 0 Å². The minimum atomic E-state index is 0.302. The molecule has 0 fully saturated rings. The Hall–Kier alpha value is -4.96. The molecule has 48 heavy (non-hydrogen) atoms. The molecule has 0 heterocycles. The number of nitrogens with one attached hydrogen (secondary N) is 1. The zero-order chi connectivity index (χ0) is 34.2. The first-order chi connectivity index (χ1) is 23.2. The number of benzene rings is 5. The smallest absolute Gasteiger partial charge is 0.161 e. The van der Waals surface area contributed by atoms with Crippen molar-refractivity contribution in [2.24, 2.45) is 10.1 Å². The topological polar surface area (TPSA) is 40.0 Å². The van der Waals surface area contributed by atoms with Gasteiger partial charge in [0.25, 0.3) is 0 Å². The van der Waals surface area contributed by atoms with Gasteiger partial charge in [0.2, 0.25) is 0 Å². The van der Waals surface area contributed by atoms with E-state index in [2.05, 4.69) is 170 Å². The Morgan fingerprint density at radius 2 is 0.896 bits per heavy atom. The molecular formula is C44H50N4. The maximum absolute atomic E-state index is 5.60. The van der Waals surface area contributed by atoms with Gasteiger partial charge in [-0.1, -0.05) is 171 Å². The number of hydrogen-bond acceptors (Lipinski definition) is 2. The maximum atomic E-state index is 5.60. The van der Waals surface area contributed by atoms with Gasteiger partial charge in [0, 0.05) is 16.8 Å². The SMILES string of the molecule is CC(C)c1cccc(C(C)C)c1N=C(c1ccccc1)N(N=C(Nc1c(C(C)C)cccc1C(C)C)c1ccccc1)c1ccccc1. The normalized spacial score (nSPS) is 12.3. The highest BCUT2D eigenvalue weighted by Gasteiger charge is 2.23. The van der Waals surface area contributed by atoms with Gasteiger partial charge >= 0.3 is 0 Å². The maximum Gasteiger partial charge on any atom is 0.161 e. The summed E-state index contributed by atoms with van der Waals surface area (Å²) in [7, 11) is 0. The number of anilines is 2. The summed E-state index contributed by atoms with van der Waals surface area (Å²) in [5.41, 5.74) is 10.00. The number of hydrazone groups is 1. The summed E-state index contributed by atoms with van der Waals surface area (Å²) in [6.45, 7) is 18.0. The number of hydrogen-bond donors (Lipinski definition) is 1. The molecule has 0 radical (unpaired) electrons. The van der Waals surface area contributed by atoms with Gasteiger partial charge in [-0.25, -0.2) is 10.0 Å². The molecule has 0 spiro atoms. The van der Waals surface area contributed by atoms with Crippen LogP contribution in [0.4, 0.5) is 17.1 Å². The van der Waals surface area contributed by atoms with Crippen LogP contribution >= 0.6 is 0 Å². The zero-order valence-corrected chi connectivity index (χ0v) is 29.8. The Balaban J connectivity index is 1.84. The molecule has 0 bridgehead atoms. The van der Waals surface area contributed by atoms with Crippen LogP contribution in [-0.4, -0.2) is 11.7 Å². The highest BCUT2D eigenvalue weighted by Crippen LogP contribution is 2.37. The third-order valence-electron chi connectivity index (χ3n) is 8.66. The van der Waals surface area contributed by atoms with Crippen LogP contribution in [0.1, 0.15) is 112 Å². The first kappa shape index (κ1) is 34.4.